The van der Waals surface area contributed by atoms with Gasteiger partial charge in [0, 0.05) is 6.54 Å². The van der Waals surface area contributed by atoms with Crippen molar-refractivity contribution in [3.8, 4) is 5.75 Å². The molecule has 0 aliphatic carbocycles. The molecule has 1 aromatic rings. The summed E-state index contributed by atoms with van der Waals surface area (Å²) >= 11 is 1.70. The fourth-order valence-corrected chi connectivity index (χ4v) is 2.23. The zero-order valence-corrected chi connectivity index (χ0v) is 12.2. The lowest BCUT2D eigenvalue weighted by Crippen LogP contribution is -2.33. The second-order valence-corrected chi connectivity index (χ2v) is 5.34. The van der Waals surface area contributed by atoms with E-state index in [1.54, 1.807) is 11.8 Å². The molecular formula is C13H18N2O4S. The Morgan fingerprint density at radius 1 is 1.40 bits per heavy atom. The molecule has 0 radical (unpaired) electrons. The van der Waals surface area contributed by atoms with Crippen LogP contribution < -0.4 is 10.6 Å². The van der Waals surface area contributed by atoms with Gasteiger partial charge >= 0.3 is 12.0 Å². The molecule has 6 nitrogen and oxygen atoms in total. The van der Waals surface area contributed by atoms with Gasteiger partial charge in [0.2, 0.25) is 0 Å². The molecule has 0 aromatic heterocycles. The summed E-state index contributed by atoms with van der Waals surface area (Å²) in [5, 5.41) is 23.6. The van der Waals surface area contributed by atoms with Crippen LogP contribution in [0.25, 0.3) is 0 Å². The first-order valence-corrected chi connectivity index (χ1v) is 7.43. The highest BCUT2D eigenvalue weighted by atomic mass is 32.2. The summed E-state index contributed by atoms with van der Waals surface area (Å²) in [5.74, 6) is -0.128. The number of phenols is 1. The van der Waals surface area contributed by atoms with Crippen LogP contribution in [0.1, 0.15) is 17.3 Å². The van der Waals surface area contributed by atoms with Gasteiger partial charge in [-0.1, -0.05) is 6.92 Å². The average Bonchev–Trinajstić information content (AvgIpc) is 2.39. The minimum Gasteiger partial charge on any atom is -0.506 e. The summed E-state index contributed by atoms with van der Waals surface area (Å²) in [6, 6.07) is 3.32. The Bertz CT molecular complexity index is 493. The van der Waals surface area contributed by atoms with Crippen LogP contribution >= 0.6 is 11.8 Å². The van der Waals surface area contributed by atoms with Crippen molar-refractivity contribution in [2.45, 2.75) is 6.92 Å². The largest absolute Gasteiger partial charge is 0.506 e. The molecule has 0 aliphatic heterocycles. The van der Waals surface area contributed by atoms with Crippen molar-refractivity contribution in [3.63, 3.8) is 0 Å². The molecule has 0 aliphatic rings. The standard InChI is InChI=1S/C13H18N2O4S/c1-8(7-20-2)6-14-13(19)15-10-4-3-9(12(17)18)5-11(10)16/h3-5,8,16H,6-7H2,1-2H3,(H,17,18)(H2,14,15,19). The van der Waals surface area contributed by atoms with Gasteiger partial charge in [-0.2, -0.15) is 11.8 Å². The number of aromatic hydroxyl groups is 1. The molecule has 4 N–H and O–H groups in total. The highest BCUT2D eigenvalue weighted by molar-refractivity contribution is 7.98. The zero-order chi connectivity index (χ0) is 15.1. The van der Waals surface area contributed by atoms with Crippen molar-refractivity contribution in [1.82, 2.24) is 5.32 Å². The van der Waals surface area contributed by atoms with Crippen LogP contribution in [-0.2, 0) is 0 Å². The number of benzene rings is 1. The Morgan fingerprint density at radius 3 is 2.65 bits per heavy atom. The lowest BCUT2D eigenvalue weighted by Gasteiger charge is -2.13. The van der Waals surface area contributed by atoms with E-state index < -0.39 is 12.0 Å². The molecule has 0 saturated carbocycles. The van der Waals surface area contributed by atoms with Gasteiger partial charge in [-0.3, -0.25) is 0 Å². The molecule has 1 unspecified atom stereocenters. The molecule has 20 heavy (non-hydrogen) atoms. The fourth-order valence-electron chi connectivity index (χ4n) is 1.55. The van der Waals surface area contributed by atoms with E-state index in [0.717, 1.165) is 11.8 Å². The van der Waals surface area contributed by atoms with Gasteiger partial charge in [-0.05, 0) is 36.1 Å². The van der Waals surface area contributed by atoms with Gasteiger partial charge in [0.1, 0.15) is 5.75 Å². The van der Waals surface area contributed by atoms with E-state index in [0.29, 0.717) is 12.5 Å². The SMILES string of the molecule is CSCC(C)CNC(=O)Nc1ccc(C(=O)O)cc1O. The van der Waals surface area contributed by atoms with Crippen molar-refractivity contribution in [2.75, 3.05) is 23.9 Å². The topological polar surface area (TPSA) is 98.7 Å². The number of phenolic OH excluding ortho intramolecular Hbond substituents is 1. The number of carboxylic acid groups (broad SMARTS) is 1. The van der Waals surface area contributed by atoms with Crippen molar-refractivity contribution >= 4 is 29.4 Å². The lowest BCUT2D eigenvalue weighted by atomic mass is 10.2. The number of urea groups is 1. The van der Waals surface area contributed by atoms with Crippen molar-refractivity contribution in [1.29, 1.82) is 0 Å². The summed E-state index contributed by atoms with van der Waals surface area (Å²) in [6.45, 7) is 2.55. The van der Waals surface area contributed by atoms with Crippen LogP contribution in [0.5, 0.6) is 5.75 Å². The second kappa shape index (κ2) is 7.64. The van der Waals surface area contributed by atoms with Crippen LogP contribution in [0.2, 0.25) is 0 Å². The normalized spacial score (nSPS) is 11.7. The summed E-state index contributed by atoms with van der Waals surface area (Å²) < 4.78 is 0. The highest BCUT2D eigenvalue weighted by Gasteiger charge is 2.10. The van der Waals surface area contributed by atoms with Gasteiger partial charge in [0.25, 0.3) is 0 Å². The van der Waals surface area contributed by atoms with Crippen LogP contribution in [-0.4, -0.2) is 40.8 Å². The molecule has 0 spiro atoms. The minimum absolute atomic E-state index is 0.0398. The lowest BCUT2D eigenvalue weighted by molar-refractivity contribution is 0.0696. The van der Waals surface area contributed by atoms with Crippen LogP contribution in [0.4, 0.5) is 10.5 Å². The zero-order valence-electron chi connectivity index (χ0n) is 11.3. The van der Waals surface area contributed by atoms with E-state index in [4.69, 9.17) is 5.11 Å². The van der Waals surface area contributed by atoms with E-state index >= 15 is 0 Å². The molecule has 110 valence electrons. The third-order valence-electron chi connectivity index (χ3n) is 2.56. The Morgan fingerprint density at radius 2 is 2.10 bits per heavy atom. The maximum absolute atomic E-state index is 11.6. The molecule has 1 rings (SSSR count). The Hall–Kier alpha value is -1.89. The fraction of sp³-hybridized carbons (Fsp3) is 0.385. The molecule has 1 aromatic carbocycles. The monoisotopic (exact) mass is 298 g/mol. The molecule has 7 heteroatoms. The Balaban J connectivity index is 2.56. The van der Waals surface area contributed by atoms with Crippen LogP contribution in [0.3, 0.4) is 0 Å². The molecule has 0 heterocycles. The third-order valence-corrected chi connectivity index (χ3v) is 3.46. The number of hydrogen-bond donors (Lipinski definition) is 4. The first-order valence-electron chi connectivity index (χ1n) is 6.04. The van der Waals surface area contributed by atoms with Crippen LogP contribution in [0.15, 0.2) is 18.2 Å². The molecule has 0 fully saturated rings. The number of aromatic carboxylic acids is 1. The van der Waals surface area contributed by atoms with E-state index in [1.165, 1.54) is 12.1 Å². The highest BCUT2D eigenvalue weighted by Crippen LogP contribution is 2.24. The number of carbonyl (C=O) groups is 2. The van der Waals surface area contributed by atoms with Gasteiger partial charge in [-0.15, -0.1) is 0 Å². The minimum atomic E-state index is -1.14. The summed E-state index contributed by atoms with van der Waals surface area (Å²) in [4.78, 5) is 22.3. The van der Waals surface area contributed by atoms with E-state index in [1.807, 2.05) is 13.2 Å². The smallest absolute Gasteiger partial charge is 0.335 e. The number of rotatable bonds is 6. The predicted molar refractivity (Wildman–Crippen MR) is 79.6 cm³/mol. The van der Waals surface area contributed by atoms with Gasteiger partial charge in [0.05, 0.1) is 11.3 Å². The Labute approximate surface area is 121 Å². The molecule has 2 amide bonds. The summed E-state index contributed by atoms with van der Waals surface area (Å²) in [6.07, 6.45) is 2.00. The number of carbonyl (C=O) groups excluding carboxylic acids is 1. The van der Waals surface area contributed by atoms with Crippen LogP contribution in [0, 0.1) is 5.92 Å². The van der Waals surface area contributed by atoms with Crippen molar-refractivity contribution in [2.24, 2.45) is 5.92 Å². The van der Waals surface area contributed by atoms with Crippen molar-refractivity contribution < 1.29 is 19.8 Å². The predicted octanol–water partition coefficient (Wildman–Crippen LogP) is 2.21. The number of anilines is 1. The average molecular weight is 298 g/mol. The van der Waals surface area contributed by atoms with E-state index in [9.17, 15) is 14.7 Å². The number of amides is 2. The quantitative estimate of drug-likeness (QED) is 0.604. The Kier molecular flexibility index (Phi) is 6.17. The second-order valence-electron chi connectivity index (χ2n) is 4.43. The molecular weight excluding hydrogens is 280 g/mol. The van der Waals surface area contributed by atoms with Gasteiger partial charge in [0.15, 0.2) is 0 Å². The first-order chi connectivity index (χ1) is 9.43. The number of hydrogen-bond acceptors (Lipinski definition) is 4. The molecule has 0 saturated heterocycles. The van der Waals surface area contributed by atoms with Gasteiger partial charge < -0.3 is 20.8 Å². The third kappa shape index (κ3) is 5.00. The summed E-state index contributed by atoms with van der Waals surface area (Å²) in [7, 11) is 0. The van der Waals surface area contributed by atoms with E-state index in [2.05, 4.69) is 10.6 Å². The number of thioether (sulfide) groups is 1. The molecule has 1 atom stereocenters. The number of carboxylic acids is 1. The number of nitrogens with one attached hydrogen (secondary N) is 2. The van der Waals surface area contributed by atoms with Gasteiger partial charge in [-0.25, -0.2) is 9.59 Å². The maximum atomic E-state index is 11.6. The van der Waals surface area contributed by atoms with E-state index in [-0.39, 0.29) is 17.0 Å². The molecule has 0 bridgehead atoms. The maximum Gasteiger partial charge on any atom is 0.335 e. The van der Waals surface area contributed by atoms with Crippen molar-refractivity contribution in [3.05, 3.63) is 23.8 Å². The summed E-state index contributed by atoms with van der Waals surface area (Å²) in [5.41, 5.74) is 0.132. The first kappa shape index (κ1) is 16.2.